The first kappa shape index (κ1) is 13.6. The molecule has 0 spiro atoms. The summed E-state index contributed by atoms with van der Waals surface area (Å²) in [4.78, 5) is 25.5. The third-order valence-electron chi connectivity index (χ3n) is 2.85. The summed E-state index contributed by atoms with van der Waals surface area (Å²) in [6.45, 7) is 5.04. The van der Waals surface area contributed by atoms with Crippen molar-refractivity contribution in [3.63, 3.8) is 0 Å². The zero-order chi connectivity index (χ0) is 14.0. The lowest BCUT2D eigenvalue weighted by molar-refractivity contribution is -0.385. The highest BCUT2D eigenvalue weighted by Crippen LogP contribution is 2.27. The van der Waals surface area contributed by atoms with Gasteiger partial charge < -0.3 is 11.5 Å². The van der Waals surface area contributed by atoms with Gasteiger partial charge in [0.25, 0.3) is 11.6 Å². The Kier molecular flexibility index (Phi) is 3.65. The van der Waals surface area contributed by atoms with E-state index in [1.807, 2.05) is 0 Å². The molecule has 1 aromatic carbocycles. The van der Waals surface area contributed by atoms with E-state index in [4.69, 9.17) is 11.5 Å². The van der Waals surface area contributed by atoms with Gasteiger partial charge in [0.05, 0.1) is 10.5 Å². The summed E-state index contributed by atoms with van der Waals surface area (Å²) in [5, 5.41) is 10.9. The molecule has 0 aromatic heterocycles. The lowest BCUT2D eigenvalue weighted by Crippen LogP contribution is -2.24. The third-order valence-corrected chi connectivity index (χ3v) is 2.85. The average molecular weight is 250 g/mol. The van der Waals surface area contributed by atoms with Crippen LogP contribution in [-0.2, 0) is 0 Å². The number of amides is 1. The van der Waals surface area contributed by atoms with Crippen LogP contribution in [0.25, 0.3) is 0 Å². The number of nitro benzene ring substituents is 1. The van der Waals surface area contributed by atoms with Gasteiger partial charge in [0.1, 0.15) is 0 Å². The SMILES string of the molecule is Cc1c(C(=O)N=C(N)N)cc([N+](=O)[O-])c(C)c1C. The van der Waals surface area contributed by atoms with E-state index in [1.54, 1.807) is 20.8 Å². The number of nitro groups is 1. The number of guanidine groups is 1. The number of benzene rings is 1. The molecular formula is C11H14N4O3. The normalized spacial score (nSPS) is 9.94. The molecule has 0 aliphatic rings. The monoisotopic (exact) mass is 250 g/mol. The van der Waals surface area contributed by atoms with Crippen molar-refractivity contribution in [1.29, 1.82) is 0 Å². The second-order valence-corrected chi connectivity index (χ2v) is 3.92. The predicted octanol–water partition coefficient (Wildman–Crippen LogP) is 0.934. The number of aliphatic imine (C=N–C) groups is 1. The van der Waals surface area contributed by atoms with Gasteiger partial charge >= 0.3 is 0 Å². The van der Waals surface area contributed by atoms with Crippen molar-refractivity contribution in [2.45, 2.75) is 20.8 Å². The quantitative estimate of drug-likeness (QED) is 0.349. The predicted molar refractivity (Wildman–Crippen MR) is 67.4 cm³/mol. The number of rotatable bonds is 2. The maximum Gasteiger partial charge on any atom is 0.280 e. The van der Waals surface area contributed by atoms with E-state index in [0.717, 1.165) is 0 Å². The van der Waals surface area contributed by atoms with Gasteiger partial charge in [0.2, 0.25) is 0 Å². The first-order chi connectivity index (χ1) is 8.25. The Hall–Kier alpha value is -2.44. The van der Waals surface area contributed by atoms with Crippen molar-refractivity contribution < 1.29 is 9.72 Å². The molecule has 0 aliphatic carbocycles. The van der Waals surface area contributed by atoms with Crippen LogP contribution in [0.2, 0.25) is 0 Å². The van der Waals surface area contributed by atoms with Crippen molar-refractivity contribution in [1.82, 2.24) is 0 Å². The third kappa shape index (κ3) is 2.45. The first-order valence-electron chi connectivity index (χ1n) is 5.14. The van der Waals surface area contributed by atoms with Crippen LogP contribution in [0.5, 0.6) is 0 Å². The lowest BCUT2D eigenvalue weighted by Gasteiger charge is -2.09. The molecule has 7 nitrogen and oxygen atoms in total. The molecular weight excluding hydrogens is 236 g/mol. The Bertz CT molecular complexity index is 560. The van der Waals surface area contributed by atoms with E-state index in [-0.39, 0.29) is 17.2 Å². The topological polar surface area (TPSA) is 125 Å². The second kappa shape index (κ2) is 4.82. The highest BCUT2D eigenvalue weighted by atomic mass is 16.6. The summed E-state index contributed by atoms with van der Waals surface area (Å²) in [6.07, 6.45) is 0. The molecule has 0 saturated heterocycles. The van der Waals surface area contributed by atoms with Gasteiger partial charge in [-0.2, -0.15) is 4.99 Å². The van der Waals surface area contributed by atoms with Gasteiger partial charge in [-0.25, -0.2) is 0 Å². The summed E-state index contributed by atoms with van der Waals surface area (Å²) in [5.74, 6) is -1.06. The zero-order valence-electron chi connectivity index (χ0n) is 10.4. The number of carbonyl (C=O) groups is 1. The molecule has 0 aliphatic heterocycles. The van der Waals surface area contributed by atoms with Crippen molar-refractivity contribution in [2.75, 3.05) is 0 Å². The number of hydrogen-bond donors (Lipinski definition) is 2. The number of carbonyl (C=O) groups excluding carboxylic acids is 1. The van der Waals surface area contributed by atoms with E-state index in [9.17, 15) is 14.9 Å². The maximum atomic E-state index is 11.7. The Morgan fingerprint density at radius 2 is 1.78 bits per heavy atom. The standard InChI is InChI=1S/C11H14N4O3/c1-5-6(2)8(10(16)14-11(12)13)4-9(7(5)3)15(17)18/h4H,1-3H3,(H4,12,13,14,16). The number of nitrogens with zero attached hydrogens (tertiary/aromatic N) is 2. The smallest absolute Gasteiger partial charge is 0.280 e. The van der Waals surface area contributed by atoms with Crippen LogP contribution >= 0.6 is 0 Å². The van der Waals surface area contributed by atoms with E-state index in [0.29, 0.717) is 16.7 Å². The molecule has 1 aromatic rings. The molecule has 18 heavy (non-hydrogen) atoms. The fraction of sp³-hybridized carbons (Fsp3) is 0.273. The van der Waals surface area contributed by atoms with Crippen molar-refractivity contribution >= 4 is 17.6 Å². The Morgan fingerprint density at radius 3 is 2.22 bits per heavy atom. The fourth-order valence-electron chi connectivity index (χ4n) is 1.62. The molecule has 0 radical (unpaired) electrons. The number of nitrogens with two attached hydrogens (primary N) is 2. The van der Waals surface area contributed by atoms with Crippen LogP contribution in [0.4, 0.5) is 5.69 Å². The average Bonchev–Trinajstić information content (AvgIpc) is 2.24. The summed E-state index contributed by atoms with van der Waals surface area (Å²) in [5.41, 5.74) is 12.1. The minimum absolute atomic E-state index is 0.118. The van der Waals surface area contributed by atoms with Crippen molar-refractivity contribution in [3.8, 4) is 0 Å². The molecule has 7 heteroatoms. The van der Waals surface area contributed by atoms with Crippen molar-refractivity contribution in [2.24, 2.45) is 16.5 Å². The van der Waals surface area contributed by atoms with E-state index in [1.165, 1.54) is 6.07 Å². The van der Waals surface area contributed by atoms with Gasteiger partial charge in [0.15, 0.2) is 5.96 Å². The minimum atomic E-state index is -0.682. The molecule has 96 valence electrons. The van der Waals surface area contributed by atoms with Gasteiger partial charge in [-0.05, 0) is 31.9 Å². The Morgan fingerprint density at radius 1 is 1.22 bits per heavy atom. The van der Waals surface area contributed by atoms with Crippen LogP contribution in [-0.4, -0.2) is 16.8 Å². The van der Waals surface area contributed by atoms with Crippen LogP contribution in [0.3, 0.4) is 0 Å². The van der Waals surface area contributed by atoms with Gasteiger partial charge in [-0.3, -0.25) is 14.9 Å². The van der Waals surface area contributed by atoms with Crippen LogP contribution in [0, 0.1) is 30.9 Å². The fourth-order valence-corrected chi connectivity index (χ4v) is 1.62. The molecule has 0 saturated carbocycles. The summed E-state index contributed by atoms with van der Waals surface area (Å²) >= 11 is 0. The molecule has 0 heterocycles. The second-order valence-electron chi connectivity index (χ2n) is 3.92. The molecule has 4 N–H and O–H groups in total. The minimum Gasteiger partial charge on any atom is -0.370 e. The largest absolute Gasteiger partial charge is 0.370 e. The summed E-state index contributed by atoms with van der Waals surface area (Å²) < 4.78 is 0. The summed E-state index contributed by atoms with van der Waals surface area (Å²) in [7, 11) is 0. The molecule has 1 amide bonds. The maximum absolute atomic E-state index is 11.7. The lowest BCUT2D eigenvalue weighted by atomic mass is 9.96. The molecule has 0 fully saturated rings. The zero-order valence-corrected chi connectivity index (χ0v) is 10.4. The van der Waals surface area contributed by atoms with E-state index in [2.05, 4.69) is 4.99 Å². The van der Waals surface area contributed by atoms with E-state index >= 15 is 0 Å². The van der Waals surface area contributed by atoms with E-state index < -0.39 is 10.8 Å². The molecule has 0 bridgehead atoms. The molecule has 1 rings (SSSR count). The summed E-state index contributed by atoms with van der Waals surface area (Å²) in [6, 6.07) is 1.20. The van der Waals surface area contributed by atoms with Crippen LogP contribution in [0.1, 0.15) is 27.0 Å². The van der Waals surface area contributed by atoms with Gasteiger partial charge in [-0.1, -0.05) is 0 Å². The Labute approximate surface area is 104 Å². The van der Waals surface area contributed by atoms with Crippen LogP contribution in [0.15, 0.2) is 11.1 Å². The highest BCUT2D eigenvalue weighted by molar-refractivity contribution is 6.03. The van der Waals surface area contributed by atoms with Crippen molar-refractivity contribution in [3.05, 3.63) is 38.4 Å². The first-order valence-corrected chi connectivity index (χ1v) is 5.14. The molecule has 0 unspecified atom stereocenters. The Balaban J connectivity index is 3.51. The van der Waals surface area contributed by atoms with Gasteiger partial charge in [0, 0.05) is 11.6 Å². The van der Waals surface area contributed by atoms with Gasteiger partial charge in [-0.15, -0.1) is 0 Å². The van der Waals surface area contributed by atoms with Crippen LogP contribution < -0.4 is 11.5 Å². The number of hydrogen-bond acceptors (Lipinski definition) is 3. The molecule has 0 atom stereocenters. The highest BCUT2D eigenvalue weighted by Gasteiger charge is 2.20.